The van der Waals surface area contributed by atoms with E-state index >= 15 is 0 Å². The molecule has 0 saturated heterocycles. The molecule has 1 fully saturated rings. The van der Waals surface area contributed by atoms with E-state index in [1.807, 2.05) is 10.6 Å². The topological polar surface area (TPSA) is 77.6 Å². The largest absolute Gasteiger partial charge is 0.385 e. The van der Waals surface area contributed by atoms with Crippen LogP contribution in [0.3, 0.4) is 0 Å². The lowest BCUT2D eigenvalue weighted by Crippen LogP contribution is -2.41. The van der Waals surface area contributed by atoms with Gasteiger partial charge in [0.15, 0.2) is 0 Å². The van der Waals surface area contributed by atoms with Crippen LogP contribution >= 0.6 is 0 Å². The van der Waals surface area contributed by atoms with Crippen LogP contribution in [0, 0.1) is 5.92 Å². The summed E-state index contributed by atoms with van der Waals surface area (Å²) in [6.45, 7) is 3.33. The Bertz CT molecular complexity index is 1080. The maximum atomic E-state index is 13.2. The summed E-state index contributed by atoms with van der Waals surface area (Å²) in [7, 11) is 1.66. The second kappa shape index (κ2) is 8.37. The van der Waals surface area contributed by atoms with Gasteiger partial charge in [-0.25, -0.2) is 4.98 Å². The standard InChI is InChI=1S/C22H28N4O3/c1-15-8-3-4-9-17(15)23-21(27)18-14-16-20(25(18)12-7-13-29-2)24-19-10-5-6-11-26(19)22(16)28/h5-6,10-11,14-15,17H,3-4,7-9,12-13H2,1-2H3,(H,23,27)/t15-,17+/m1/s1. The van der Waals surface area contributed by atoms with Crippen molar-refractivity contribution in [3.63, 3.8) is 0 Å². The predicted octanol–water partition coefficient (Wildman–Crippen LogP) is 2.99. The van der Waals surface area contributed by atoms with Gasteiger partial charge in [0.25, 0.3) is 11.5 Å². The molecule has 3 aromatic heterocycles. The fourth-order valence-corrected chi connectivity index (χ4v) is 4.31. The predicted molar refractivity (Wildman–Crippen MR) is 112 cm³/mol. The highest BCUT2D eigenvalue weighted by Gasteiger charge is 2.26. The number of fused-ring (bicyclic) bond motifs is 2. The number of carbonyl (C=O) groups excluding carboxylic acids is 1. The van der Waals surface area contributed by atoms with Gasteiger partial charge in [0.05, 0.1) is 5.39 Å². The third kappa shape index (κ3) is 3.79. The molecule has 0 bridgehead atoms. The average Bonchev–Trinajstić information content (AvgIpc) is 3.09. The minimum atomic E-state index is -0.156. The lowest BCUT2D eigenvalue weighted by Gasteiger charge is -2.29. The Morgan fingerprint density at radius 3 is 2.93 bits per heavy atom. The second-order valence-corrected chi connectivity index (χ2v) is 7.95. The summed E-state index contributed by atoms with van der Waals surface area (Å²) >= 11 is 0. The Balaban J connectivity index is 1.77. The fraction of sp³-hybridized carbons (Fsp3) is 0.500. The lowest BCUT2D eigenvalue weighted by atomic mass is 9.86. The summed E-state index contributed by atoms with van der Waals surface area (Å²) < 4.78 is 8.57. The SMILES string of the molecule is COCCCn1c(C(=O)N[C@H]2CCCC[C@H]2C)cc2c(=O)n3ccccc3nc21. The highest BCUT2D eigenvalue weighted by Crippen LogP contribution is 2.25. The first-order valence-corrected chi connectivity index (χ1v) is 10.4. The molecule has 1 saturated carbocycles. The van der Waals surface area contributed by atoms with Crippen LogP contribution in [0.15, 0.2) is 35.3 Å². The molecule has 0 radical (unpaired) electrons. The van der Waals surface area contributed by atoms with Crippen molar-refractivity contribution in [1.82, 2.24) is 19.3 Å². The number of rotatable bonds is 6. The molecular formula is C22H28N4O3. The van der Waals surface area contributed by atoms with Crippen LogP contribution in [0.1, 0.15) is 49.5 Å². The van der Waals surface area contributed by atoms with E-state index in [-0.39, 0.29) is 17.5 Å². The number of aryl methyl sites for hydroxylation is 1. The van der Waals surface area contributed by atoms with E-state index in [2.05, 4.69) is 17.2 Å². The van der Waals surface area contributed by atoms with Gasteiger partial charge in [-0.2, -0.15) is 0 Å². The van der Waals surface area contributed by atoms with Gasteiger partial charge in [-0.05, 0) is 43.4 Å². The Labute approximate surface area is 169 Å². The molecule has 4 rings (SSSR count). The first kappa shape index (κ1) is 19.6. The molecule has 3 heterocycles. The first-order chi connectivity index (χ1) is 14.1. The number of hydrogen-bond donors (Lipinski definition) is 1. The fourth-order valence-electron chi connectivity index (χ4n) is 4.31. The van der Waals surface area contributed by atoms with Crippen molar-refractivity contribution in [3.8, 4) is 0 Å². The minimum Gasteiger partial charge on any atom is -0.385 e. The number of methoxy groups -OCH3 is 1. The van der Waals surface area contributed by atoms with Crippen molar-refractivity contribution in [2.45, 2.75) is 51.6 Å². The second-order valence-electron chi connectivity index (χ2n) is 7.95. The Morgan fingerprint density at radius 1 is 1.31 bits per heavy atom. The molecule has 0 unspecified atom stereocenters. The monoisotopic (exact) mass is 396 g/mol. The number of carbonyl (C=O) groups is 1. The maximum Gasteiger partial charge on any atom is 0.268 e. The Morgan fingerprint density at radius 2 is 2.14 bits per heavy atom. The van der Waals surface area contributed by atoms with Crippen LogP contribution in [-0.4, -0.2) is 39.6 Å². The quantitative estimate of drug-likeness (QED) is 0.650. The van der Waals surface area contributed by atoms with E-state index in [1.165, 1.54) is 10.8 Å². The molecule has 1 N–H and O–H groups in total. The Kier molecular flexibility index (Phi) is 5.67. The van der Waals surface area contributed by atoms with Gasteiger partial charge < -0.3 is 14.6 Å². The van der Waals surface area contributed by atoms with E-state index in [0.29, 0.717) is 41.4 Å². The molecule has 29 heavy (non-hydrogen) atoms. The summed E-state index contributed by atoms with van der Waals surface area (Å²) in [4.78, 5) is 30.9. The highest BCUT2D eigenvalue weighted by atomic mass is 16.5. The van der Waals surface area contributed by atoms with Crippen molar-refractivity contribution in [2.75, 3.05) is 13.7 Å². The zero-order chi connectivity index (χ0) is 20.4. The molecule has 3 aromatic rings. The highest BCUT2D eigenvalue weighted by molar-refractivity contribution is 5.98. The molecule has 0 spiro atoms. The molecule has 7 nitrogen and oxygen atoms in total. The third-order valence-electron chi connectivity index (χ3n) is 5.97. The van der Waals surface area contributed by atoms with Gasteiger partial charge in [0, 0.05) is 32.5 Å². The van der Waals surface area contributed by atoms with Crippen LogP contribution in [0.2, 0.25) is 0 Å². The summed E-state index contributed by atoms with van der Waals surface area (Å²) in [5, 5.41) is 3.68. The van der Waals surface area contributed by atoms with Crippen molar-refractivity contribution < 1.29 is 9.53 Å². The van der Waals surface area contributed by atoms with E-state index in [0.717, 1.165) is 25.7 Å². The van der Waals surface area contributed by atoms with Gasteiger partial charge in [0.1, 0.15) is 17.0 Å². The maximum absolute atomic E-state index is 13.2. The average molecular weight is 396 g/mol. The molecule has 154 valence electrons. The zero-order valence-corrected chi connectivity index (χ0v) is 17.1. The molecule has 0 aliphatic heterocycles. The molecule has 2 atom stereocenters. The number of amides is 1. The van der Waals surface area contributed by atoms with Crippen LogP contribution in [0.25, 0.3) is 16.7 Å². The summed E-state index contributed by atoms with van der Waals surface area (Å²) in [5.74, 6) is 0.331. The number of hydrogen-bond acceptors (Lipinski definition) is 4. The number of nitrogens with one attached hydrogen (secondary N) is 1. The van der Waals surface area contributed by atoms with Crippen LogP contribution in [0.4, 0.5) is 0 Å². The molecule has 1 aliphatic carbocycles. The van der Waals surface area contributed by atoms with Crippen molar-refractivity contribution in [2.24, 2.45) is 5.92 Å². The van der Waals surface area contributed by atoms with E-state index in [4.69, 9.17) is 4.74 Å². The van der Waals surface area contributed by atoms with E-state index < -0.39 is 0 Å². The van der Waals surface area contributed by atoms with Gasteiger partial charge in [0.2, 0.25) is 0 Å². The van der Waals surface area contributed by atoms with E-state index in [1.54, 1.807) is 31.5 Å². The van der Waals surface area contributed by atoms with Crippen molar-refractivity contribution in [1.29, 1.82) is 0 Å². The van der Waals surface area contributed by atoms with Crippen LogP contribution in [-0.2, 0) is 11.3 Å². The smallest absolute Gasteiger partial charge is 0.268 e. The van der Waals surface area contributed by atoms with Gasteiger partial charge in [-0.3, -0.25) is 14.0 Å². The normalized spacial score (nSPS) is 19.7. The van der Waals surface area contributed by atoms with Crippen molar-refractivity contribution >= 4 is 22.6 Å². The summed E-state index contributed by atoms with van der Waals surface area (Å²) in [6, 6.07) is 7.32. The van der Waals surface area contributed by atoms with Gasteiger partial charge in [-0.15, -0.1) is 0 Å². The molecule has 1 aliphatic rings. The third-order valence-corrected chi connectivity index (χ3v) is 5.97. The van der Waals surface area contributed by atoms with Crippen LogP contribution < -0.4 is 10.9 Å². The van der Waals surface area contributed by atoms with E-state index in [9.17, 15) is 9.59 Å². The van der Waals surface area contributed by atoms with Crippen molar-refractivity contribution in [3.05, 3.63) is 46.5 Å². The van der Waals surface area contributed by atoms with Gasteiger partial charge in [-0.1, -0.05) is 25.8 Å². The number of nitrogens with zero attached hydrogens (tertiary/aromatic N) is 3. The number of pyridine rings is 1. The zero-order valence-electron chi connectivity index (χ0n) is 17.1. The number of aromatic nitrogens is 3. The molecular weight excluding hydrogens is 368 g/mol. The number of ether oxygens (including phenoxy) is 1. The molecule has 0 aromatic carbocycles. The van der Waals surface area contributed by atoms with Gasteiger partial charge >= 0.3 is 0 Å². The Hall–Kier alpha value is -2.67. The summed E-state index contributed by atoms with van der Waals surface area (Å²) in [5.41, 5.74) is 1.47. The summed E-state index contributed by atoms with van der Waals surface area (Å²) in [6.07, 6.45) is 6.93. The lowest BCUT2D eigenvalue weighted by molar-refractivity contribution is 0.0900. The molecule has 7 heteroatoms. The molecule has 1 amide bonds. The first-order valence-electron chi connectivity index (χ1n) is 10.4. The minimum absolute atomic E-state index is 0.132. The van der Waals surface area contributed by atoms with Crippen LogP contribution in [0.5, 0.6) is 0 Å².